The lowest BCUT2D eigenvalue weighted by Gasteiger charge is -2.09. The van der Waals surface area contributed by atoms with Crippen LogP contribution in [0.15, 0.2) is 66.4 Å². The molecule has 3 aromatic carbocycles. The lowest BCUT2D eigenvalue weighted by atomic mass is 10.1. The van der Waals surface area contributed by atoms with Crippen molar-refractivity contribution in [2.75, 3.05) is 6.79 Å². The molecule has 0 N–H and O–H groups in total. The fourth-order valence-corrected chi connectivity index (χ4v) is 3.34. The van der Waals surface area contributed by atoms with Gasteiger partial charge in [0.05, 0.1) is 5.56 Å². The standard InChI is InChI=1S/C24H18O5/c1-15-4-2-3-5-17(15)13-26-18-7-8-19-21(12-18)29-23(24(19)25)11-16-6-9-20-22(10-16)28-14-27-20/h2-12H,13-14H2,1H3/b23-11-. The fraction of sp³-hybridized carbons (Fsp3) is 0.125. The van der Waals surface area contributed by atoms with E-state index in [4.69, 9.17) is 18.9 Å². The predicted octanol–water partition coefficient (Wildman–Crippen LogP) is 4.92. The van der Waals surface area contributed by atoms with Gasteiger partial charge in [0.2, 0.25) is 12.6 Å². The third-order valence-corrected chi connectivity index (χ3v) is 4.99. The molecular weight excluding hydrogens is 368 g/mol. The molecule has 0 saturated carbocycles. The summed E-state index contributed by atoms with van der Waals surface area (Å²) in [6.07, 6.45) is 1.71. The maximum absolute atomic E-state index is 12.7. The molecule has 0 atom stereocenters. The van der Waals surface area contributed by atoms with E-state index in [0.717, 1.165) is 11.1 Å². The number of rotatable bonds is 4. The van der Waals surface area contributed by atoms with Gasteiger partial charge in [0.1, 0.15) is 18.1 Å². The van der Waals surface area contributed by atoms with Gasteiger partial charge in [-0.15, -0.1) is 0 Å². The van der Waals surface area contributed by atoms with Crippen molar-refractivity contribution >= 4 is 11.9 Å². The van der Waals surface area contributed by atoms with E-state index in [9.17, 15) is 4.79 Å². The molecule has 29 heavy (non-hydrogen) atoms. The third-order valence-electron chi connectivity index (χ3n) is 4.99. The molecule has 2 aliphatic heterocycles. The number of benzene rings is 3. The average Bonchev–Trinajstić information content (AvgIpc) is 3.31. The van der Waals surface area contributed by atoms with Crippen molar-refractivity contribution in [2.45, 2.75) is 13.5 Å². The zero-order chi connectivity index (χ0) is 19.8. The van der Waals surface area contributed by atoms with Crippen LogP contribution in [-0.4, -0.2) is 12.6 Å². The van der Waals surface area contributed by atoms with Crippen molar-refractivity contribution in [3.05, 3.63) is 88.7 Å². The van der Waals surface area contributed by atoms with Crippen LogP contribution in [0.4, 0.5) is 0 Å². The molecule has 0 aromatic heterocycles. The molecule has 0 aliphatic carbocycles. The first-order valence-electron chi connectivity index (χ1n) is 9.33. The highest BCUT2D eigenvalue weighted by Gasteiger charge is 2.28. The highest BCUT2D eigenvalue weighted by molar-refractivity contribution is 6.14. The van der Waals surface area contributed by atoms with E-state index in [1.54, 1.807) is 24.3 Å². The third kappa shape index (κ3) is 3.31. The van der Waals surface area contributed by atoms with Gasteiger partial charge in [0.25, 0.3) is 0 Å². The Hall–Kier alpha value is -3.73. The van der Waals surface area contributed by atoms with Crippen molar-refractivity contribution in [2.24, 2.45) is 0 Å². The molecule has 3 aromatic rings. The smallest absolute Gasteiger partial charge is 0.231 e. The molecule has 2 heterocycles. The van der Waals surface area contributed by atoms with Gasteiger partial charge < -0.3 is 18.9 Å². The van der Waals surface area contributed by atoms with Crippen molar-refractivity contribution in [3.8, 4) is 23.0 Å². The van der Waals surface area contributed by atoms with Crippen molar-refractivity contribution < 1.29 is 23.7 Å². The first kappa shape index (κ1) is 17.4. The molecule has 0 bridgehead atoms. The van der Waals surface area contributed by atoms with Crippen LogP contribution < -0.4 is 18.9 Å². The predicted molar refractivity (Wildman–Crippen MR) is 107 cm³/mol. The van der Waals surface area contributed by atoms with Crippen LogP contribution in [0.3, 0.4) is 0 Å². The van der Waals surface area contributed by atoms with E-state index in [-0.39, 0.29) is 18.3 Å². The van der Waals surface area contributed by atoms with Crippen LogP contribution in [0.25, 0.3) is 6.08 Å². The van der Waals surface area contributed by atoms with Crippen LogP contribution >= 0.6 is 0 Å². The van der Waals surface area contributed by atoms with Gasteiger partial charge in [-0.05, 0) is 54.0 Å². The van der Waals surface area contributed by atoms with E-state index in [2.05, 4.69) is 13.0 Å². The summed E-state index contributed by atoms with van der Waals surface area (Å²) in [5, 5.41) is 0. The topological polar surface area (TPSA) is 54.0 Å². The second-order valence-corrected chi connectivity index (χ2v) is 6.93. The van der Waals surface area contributed by atoms with E-state index in [1.807, 2.05) is 36.4 Å². The Labute approximate surface area is 168 Å². The summed E-state index contributed by atoms with van der Waals surface area (Å²) < 4.78 is 22.4. The molecule has 5 heteroatoms. The Balaban J connectivity index is 1.35. The van der Waals surface area contributed by atoms with Gasteiger partial charge in [-0.3, -0.25) is 4.79 Å². The maximum Gasteiger partial charge on any atom is 0.231 e. The van der Waals surface area contributed by atoms with Crippen LogP contribution in [0.1, 0.15) is 27.0 Å². The molecule has 2 aliphatic rings. The van der Waals surface area contributed by atoms with Gasteiger partial charge in [0.15, 0.2) is 17.3 Å². The number of Topliss-reactive ketones (excluding diaryl/α,β-unsaturated/α-hetero) is 1. The van der Waals surface area contributed by atoms with Crippen molar-refractivity contribution in [1.29, 1.82) is 0 Å². The highest BCUT2D eigenvalue weighted by Crippen LogP contribution is 2.37. The maximum atomic E-state index is 12.7. The monoisotopic (exact) mass is 386 g/mol. The summed E-state index contributed by atoms with van der Waals surface area (Å²) in [5.41, 5.74) is 3.63. The van der Waals surface area contributed by atoms with Gasteiger partial charge in [-0.25, -0.2) is 0 Å². The second kappa shape index (κ2) is 7.02. The van der Waals surface area contributed by atoms with Gasteiger partial charge in [0, 0.05) is 6.07 Å². The lowest BCUT2D eigenvalue weighted by molar-refractivity contribution is 0.101. The molecule has 0 radical (unpaired) electrons. The number of ketones is 1. The fourth-order valence-electron chi connectivity index (χ4n) is 3.34. The number of aryl methyl sites for hydroxylation is 1. The van der Waals surface area contributed by atoms with Crippen LogP contribution in [0.2, 0.25) is 0 Å². The molecule has 0 fully saturated rings. The first-order chi connectivity index (χ1) is 14.2. The molecule has 0 spiro atoms. The summed E-state index contributed by atoms with van der Waals surface area (Å²) in [4.78, 5) is 12.7. The SMILES string of the molecule is Cc1ccccc1COc1ccc2c(c1)O/C(=C\c1ccc3c(c1)OCO3)C2=O. The number of allylic oxidation sites excluding steroid dienone is 1. The largest absolute Gasteiger partial charge is 0.489 e. The Morgan fingerprint density at radius 3 is 2.72 bits per heavy atom. The van der Waals surface area contributed by atoms with Crippen LogP contribution in [0, 0.1) is 6.92 Å². The minimum Gasteiger partial charge on any atom is -0.489 e. The summed E-state index contributed by atoms with van der Waals surface area (Å²) in [7, 11) is 0. The van der Waals surface area contributed by atoms with Gasteiger partial charge >= 0.3 is 0 Å². The van der Waals surface area contributed by atoms with E-state index in [0.29, 0.717) is 35.2 Å². The Bertz CT molecular complexity index is 1150. The quantitative estimate of drug-likeness (QED) is 0.596. The zero-order valence-electron chi connectivity index (χ0n) is 15.8. The first-order valence-corrected chi connectivity index (χ1v) is 9.33. The molecule has 0 amide bonds. The molecule has 5 rings (SSSR count). The average molecular weight is 386 g/mol. The molecular formula is C24H18O5. The van der Waals surface area contributed by atoms with E-state index < -0.39 is 0 Å². The van der Waals surface area contributed by atoms with Gasteiger partial charge in [-0.1, -0.05) is 30.3 Å². The highest BCUT2D eigenvalue weighted by atomic mass is 16.7. The number of carbonyl (C=O) groups excluding carboxylic acids is 1. The normalized spacial score (nSPS) is 15.3. The Morgan fingerprint density at radius 1 is 0.966 bits per heavy atom. The molecule has 144 valence electrons. The lowest BCUT2D eigenvalue weighted by Crippen LogP contribution is -1.98. The summed E-state index contributed by atoms with van der Waals surface area (Å²) in [6, 6.07) is 18.9. The number of hydrogen-bond acceptors (Lipinski definition) is 5. The molecule has 5 nitrogen and oxygen atoms in total. The summed E-state index contributed by atoms with van der Waals surface area (Å²) >= 11 is 0. The van der Waals surface area contributed by atoms with Crippen molar-refractivity contribution in [3.63, 3.8) is 0 Å². The zero-order valence-corrected chi connectivity index (χ0v) is 15.8. The summed E-state index contributed by atoms with van der Waals surface area (Å²) in [6.45, 7) is 2.72. The Kier molecular flexibility index (Phi) is 4.21. The van der Waals surface area contributed by atoms with E-state index >= 15 is 0 Å². The second-order valence-electron chi connectivity index (χ2n) is 6.93. The minimum absolute atomic E-state index is 0.150. The number of hydrogen-bond donors (Lipinski definition) is 0. The molecule has 0 unspecified atom stereocenters. The Morgan fingerprint density at radius 2 is 1.83 bits per heavy atom. The van der Waals surface area contributed by atoms with Crippen LogP contribution in [0.5, 0.6) is 23.0 Å². The van der Waals surface area contributed by atoms with Crippen LogP contribution in [-0.2, 0) is 6.61 Å². The van der Waals surface area contributed by atoms with Crippen molar-refractivity contribution in [1.82, 2.24) is 0 Å². The summed E-state index contributed by atoms with van der Waals surface area (Å²) in [5.74, 6) is 2.64. The van der Waals surface area contributed by atoms with Gasteiger partial charge in [-0.2, -0.15) is 0 Å². The van der Waals surface area contributed by atoms with E-state index in [1.165, 1.54) is 5.56 Å². The number of fused-ring (bicyclic) bond motifs is 2. The minimum atomic E-state index is -0.150. The number of ether oxygens (including phenoxy) is 4. The molecule has 0 saturated heterocycles. The number of carbonyl (C=O) groups is 1.